The van der Waals surface area contributed by atoms with Crippen LogP contribution >= 0.6 is 0 Å². The smallest absolute Gasteiger partial charge is 0.343 e. The van der Waals surface area contributed by atoms with E-state index in [-0.39, 0.29) is 17.9 Å². The molecule has 1 atom stereocenters. The summed E-state index contributed by atoms with van der Waals surface area (Å²) in [6.45, 7) is 0. The lowest BCUT2D eigenvalue weighted by Crippen LogP contribution is -2.46. The van der Waals surface area contributed by atoms with Gasteiger partial charge in [-0.15, -0.1) is 0 Å². The van der Waals surface area contributed by atoms with E-state index >= 15 is 0 Å². The Morgan fingerprint density at radius 3 is 1.95 bits per heavy atom. The van der Waals surface area contributed by atoms with E-state index in [1.165, 1.54) is 0 Å². The lowest BCUT2D eigenvalue weighted by Gasteiger charge is -2.40. The van der Waals surface area contributed by atoms with Crippen molar-refractivity contribution in [3.8, 4) is 5.75 Å². The highest BCUT2D eigenvalue weighted by Gasteiger charge is 2.45. The molecule has 42 heavy (non-hydrogen) atoms. The minimum atomic E-state index is -1.18. The molecule has 1 aliphatic carbocycles. The Hall–Kier alpha value is -5.24. The largest absolute Gasteiger partial charge is 0.480 e. The third kappa shape index (κ3) is 6.39. The van der Waals surface area contributed by atoms with Gasteiger partial charge in [0.15, 0.2) is 0 Å². The van der Waals surface area contributed by atoms with Crippen LogP contribution in [0.5, 0.6) is 5.75 Å². The highest BCUT2D eigenvalue weighted by molar-refractivity contribution is 6.01. The molecule has 0 saturated heterocycles. The Morgan fingerprint density at radius 2 is 1.38 bits per heavy atom. The number of hydrogen-bond acceptors (Lipinski definition) is 5. The number of benzene rings is 4. The molecule has 4 aromatic rings. The number of nitrogens with one attached hydrogen (secondary N) is 2. The van der Waals surface area contributed by atoms with Crippen molar-refractivity contribution in [2.24, 2.45) is 0 Å². The SMILES string of the molecule is O=C(N[C@@H](Cc1ccc(OC(=O)c2ccccc2)cc1)C(=O)O)c1ccc(NC(=O)C2(c3ccccc3)CCC2)cc1. The van der Waals surface area contributed by atoms with E-state index in [1.807, 2.05) is 30.3 Å². The number of anilines is 1. The quantitative estimate of drug-likeness (QED) is 0.176. The van der Waals surface area contributed by atoms with Crippen LogP contribution < -0.4 is 15.4 Å². The predicted molar refractivity (Wildman–Crippen MR) is 157 cm³/mol. The van der Waals surface area contributed by atoms with Gasteiger partial charge in [-0.1, -0.05) is 67.1 Å². The Bertz CT molecular complexity index is 1560. The first-order valence-corrected chi connectivity index (χ1v) is 13.7. The summed E-state index contributed by atoms with van der Waals surface area (Å²) in [5.41, 5.74) is 2.33. The molecule has 1 fully saturated rings. The van der Waals surface area contributed by atoms with Gasteiger partial charge in [-0.25, -0.2) is 9.59 Å². The molecule has 0 aliphatic heterocycles. The number of carbonyl (C=O) groups excluding carboxylic acids is 3. The van der Waals surface area contributed by atoms with Gasteiger partial charge in [0, 0.05) is 17.7 Å². The Kier molecular flexibility index (Phi) is 8.43. The zero-order chi connectivity index (χ0) is 29.5. The lowest BCUT2D eigenvalue weighted by molar-refractivity contribution is -0.139. The van der Waals surface area contributed by atoms with E-state index in [0.717, 1.165) is 24.8 Å². The fourth-order valence-electron chi connectivity index (χ4n) is 5.00. The molecular formula is C34H30N2O6. The van der Waals surface area contributed by atoms with E-state index in [0.29, 0.717) is 22.6 Å². The number of carboxylic acids is 1. The Labute approximate surface area is 243 Å². The molecule has 1 saturated carbocycles. The molecular weight excluding hydrogens is 532 g/mol. The van der Waals surface area contributed by atoms with Gasteiger partial charge in [0.1, 0.15) is 11.8 Å². The maximum atomic E-state index is 13.2. The van der Waals surface area contributed by atoms with Crippen molar-refractivity contribution in [1.82, 2.24) is 5.32 Å². The van der Waals surface area contributed by atoms with Gasteiger partial charge in [-0.3, -0.25) is 9.59 Å². The van der Waals surface area contributed by atoms with E-state index in [4.69, 9.17) is 4.74 Å². The predicted octanol–water partition coefficient (Wildman–Crippen LogP) is 5.39. The summed E-state index contributed by atoms with van der Waals surface area (Å²) < 4.78 is 5.36. The van der Waals surface area contributed by atoms with Crippen LogP contribution in [0, 0.1) is 0 Å². The molecule has 1 aliphatic rings. The van der Waals surface area contributed by atoms with Crippen LogP contribution in [0.3, 0.4) is 0 Å². The molecule has 8 nitrogen and oxygen atoms in total. The molecule has 8 heteroatoms. The fraction of sp³-hybridized carbons (Fsp3) is 0.176. The second-order valence-electron chi connectivity index (χ2n) is 10.3. The van der Waals surface area contributed by atoms with E-state index < -0.39 is 29.3 Å². The van der Waals surface area contributed by atoms with Crippen molar-refractivity contribution >= 4 is 29.4 Å². The average molecular weight is 563 g/mol. The molecule has 212 valence electrons. The number of hydrogen-bond donors (Lipinski definition) is 3. The third-order valence-electron chi connectivity index (χ3n) is 7.56. The van der Waals surface area contributed by atoms with Crippen LogP contribution in [0.1, 0.15) is 51.1 Å². The zero-order valence-electron chi connectivity index (χ0n) is 22.8. The maximum Gasteiger partial charge on any atom is 0.343 e. The molecule has 5 rings (SSSR count). The average Bonchev–Trinajstić information content (AvgIpc) is 2.98. The van der Waals surface area contributed by atoms with Crippen LogP contribution in [-0.4, -0.2) is 34.9 Å². The van der Waals surface area contributed by atoms with Crippen molar-refractivity contribution in [3.05, 3.63) is 131 Å². The van der Waals surface area contributed by atoms with Gasteiger partial charge in [0.25, 0.3) is 5.91 Å². The summed E-state index contributed by atoms with van der Waals surface area (Å²) in [4.78, 5) is 50.2. The summed E-state index contributed by atoms with van der Waals surface area (Å²) >= 11 is 0. The summed E-state index contributed by atoms with van der Waals surface area (Å²) in [7, 11) is 0. The number of carboxylic acid groups (broad SMARTS) is 1. The van der Waals surface area contributed by atoms with Gasteiger partial charge in [-0.05, 0) is 72.5 Å². The van der Waals surface area contributed by atoms with Crippen molar-refractivity contribution < 1.29 is 29.0 Å². The van der Waals surface area contributed by atoms with Crippen molar-refractivity contribution in [2.45, 2.75) is 37.1 Å². The molecule has 0 radical (unpaired) electrons. The van der Waals surface area contributed by atoms with Crippen LogP contribution in [0.2, 0.25) is 0 Å². The van der Waals surface area contributed by atoms with Gasteiger partial charge in [0.2, 0.25) is 5.91 Å². The van der Waals surface area contributed by atoms with Gasteiger partial charge in [0.05, 0.1) is 11.0 Å². The number of carbonyl (C=O) groups is 4. The topological polar surface area (TPSA) is 122 Å². The van der Waals surface area contributed by atoms with Gasteiger partial charge < -0.3 is 20.5 Å². The second-order valence-corrected chi connectivity index (χ2v) is 10.3. The number of amides is 2. The minimum absolute atomic E-state index is 0.0314. The third-order valence-corrected chi connectivity index (χ3v) is 7.56. The first-order chi connectivity index (χ1) is 20.3. The summed E-state index contributed by atoms with van der Waals surface area (Å²) in [6, 6.07) is 30.0. The van der Waals surface area contributed by atoms with Gasteiger partial charge in [-0.2, -0.15) is 0 Å². The highest BCUT2D eigenvalue weighted by atomic mass is 16.5. The summed E-state index contributed by atoms with van der Waals surface area (Å²) in [5.74, 6) is -1.98. The number of ether oxygens (including phenoxy) is 1. The van der Waals surface area contributed by atoms with Crippen LogP contribution in [0.4, 0.5) is 5.69 Å². The van der Waals surface area contributed by atoms with E-state index in [2.05, 4.69) is 10.6 Å². The van der Waals surface area contributed by atoms with Crippen molar-refractivity contribution in [3.63, 3.8) is 0 Å². The number of aliphatic carboxylic acids is 1. The fourth-order valence-corrected chi connectivity index (χ4v) is 5.00. The summed E-state index contributed by atoms with van der Waals surface area (Å²) in [5, 5.41) is 15.3. The minimum Gasteiger partial charge on any atom is -0.480 e. The molecule has 0 spiro atoms. The molecule has 2 amide bonds. The van der Waals surface area contributed by atoms with E-state index in [1.54, 1.807) is 78.9 Å². The molecule has 4 aromatic carbocycles. The normalized spacial score (nSPS) is 14.1. The van der Waals surface area contributed by atoms with Crippen molar-refractivity contribution in [2.75, 3.05) is 5.32 Å². The summed E-state index contributed by atoms with van der Waals surface area (Å²) in [6.07, 6.45) is 2.57. The molecule has 0 bridgehead atoms. The number of rotatable bonds is 10. The Balaban J connectivity index is 1.17. The van der Waals surface area contributed by atoms with Crippen LogP contribution in [0.15, 0.2) is 109 Å². The number of esters is 1. The zero-order valence-corrected chi connectivity index (χ0v) is 22.8. The molecule has 3 N–H and O–H groups in total. The lowest BCUT2D eigenvalue weighted by atomic mass is 9.64. The maximum absolute atomic E-state index is 13.2. The molecule has 0 heterocycles. The van der Waals surface area contributed by atoms with Crippen LogP contribution in [-0.2, 0) is 21.4 Å². The standard InChI is InChI=1S/C34H30N2O6/c37-30(24-14-16-27(17-15-24)35-33(41)34(20-7-21-34)26-10-5-2-6-11-26)36-29(31(38)39)22-23-12-18-28(19-13-23)42-32(40)25-8-3-1-4-9-25/h1-6,8-19,29H,7,20-22H2,(H,35,41)(H,36,37)(H,38,39)/t29-/m0/s1. The highest BCUT2D eigenvalue weighted by Crippen LogP contribution is 2.44. The van der Waals surface area contributed by atoms with Crippen LogP contribution in [0.25, 0.3) is 0 Å². The Morgan fingerprint density at radius 1 is 0.762 bits per heavy atom. The van der Waals surface area contributed by atoms with Gasteiger partial charge >= 0.3 is 11.9 Å². The van der Waals surface area contributed by atoms with Crippen molar-refractivity contribution in [1.29, 1.82) is 0 Å². The molecule has 0 unspecified atom stereocenters. The molecule has 0 aromatic heterocycles. The first-order valence-electron chi connectivity index (χ1n) is 13.7. The monoisotopic (exact) mass is 562 g/mol. The first kappa shape index (κ1) is 28.3. The van der Waals surface area contributed by atoms with E-state index in [9.17, 15) is 24.3 Å². The second kappa shape index (κ2) is 12.5.